The van der Waals surface area contributed by atoms with Gasteiger partial charge in [-0.25, -0.2) is 13.1 Å². The fourth-order valence-electron chi connectivity index (χ4n) is 2.50. The molecule has 0 bridgehead atoms. The molecule has 0 amide bonds. The van der Waals surface area contributed by atoms with Crippen molar-refractivity contribution in [2.24, 2.45) is 0 Å². The minimum absolute atomic E-state index is 0.233. The zero-order valence-corrected chi connectivity index (χ0v) is 13.7. The van der Waals surface area contributed by atoms with E-state index in [1.165, 1.54) is 24.2 Å². The molecule has 1 aromatic rings. The van der Waals surface area contributed by atoms with Crippen molar-refractivity contribution in [2.75, 3.05) is 0 Å². The van der Waals surface area contributed by atoms with Gasteiger partial charge >= 0.3 is 0 Å². The molecule has 0 radical (unpaired) electrons. The van der Waals surface area contributed by atoms with Crippen LogP contribution in [0.2, 0.25) is 0 Å². The first-order valence-electron chi connectivity index (χ1n) is 7.25. The summed E-state index contributed by atoms with van der Waals surface area (Å²) in [6, 6.07) is 2.45. The topological polar surface area (TPSA) is 58.2 Å². The number of hydrogen-bond acceptors (Lipinski definition) is 4. The molecule has 3 rings (SSSR count). The summed E-state index contributed by atoms with van der Waals surface area (Å²) in [4.78, 5) is 1.14. The monoisotopic (exact) mass is 314 g/mol. The van der Waals surface area contributed by atoms with E-state index in [1.807, 2.05) is 13.8 Å². The quantitative estimate of drug-likeness (QED) is 0.848. The molecule has 1 aromatic heterocycles. The lowest BCUT2D eigenvalue weighted by molar-refractivity contribution is 0.248. The van der Waals surface area contributed by atoms with Crippen molar-refractivity contribution < 1.29 is 8.42 Å². The molecule has 112 valence electrons. The van der Waals surface area contributed by atoms with Crippen LogP contribution in [0.3, 0.4) is 0 Å². The van der Waals surface area contributed by atoms with E-state index in [9.17, 15) is 8.42 Å². The predicted molar refractivity (Wildman–Crippen MR) is 81.5 cm³/mol. The number of hydrogen-bond donors (Lipinski definition) is 2. The molecule has 2 aliphatic rings. The Bertz CT molecular complexity index is 599. The van der Waals surface area contributed by atoms with Gasteiger partial charge in [0.2, 0.25) is 0 Å². The summed E-state index contributed by atoms with van der Waals surface area (Å²) in [6.45, 7) is 4.77. The molecular weight excluding hydrogens is 292 g/mol. The van der Waals surface area contributed by atoms with E-state index >= 15 is 0 Å². The Hall–Kier alpha value is -0.430. The van der Waals surface area contributed by atoms with Crippen molar-refractivity contribution in [3.63, 3.8) is 0 Å². The van der Waals surface area contributed by atoms with Crippen molar-refractivity contribution in [2.45, 2.75) is 68.3 Å². The van der Waals surface area contributed by atoms with Gasteiger partial charge in [0.25, 0.3) is 10.0 Å². The van der Waals surface area contributed by atoms with Crippen LogP contribution in [0, 0.1) is 6.92 Å². The van der Waals surface area contributed by atoms with Crippen molar-refractivity contribution in [3.8, 4) is 0 Å². The maximum absolute atomic E-state index is 12.4. The highest BCUT2D eigenvalue weighted by atomic mass is 32.2. The molecule has 0 saturated heterocycles. The van der Waals surface area contributed by atoms with Gasteiger partial charge < -0.3 is 5.32 Å². The standard InChI is InChI=1S/C14H22N2O2S2/c1-10-8-13(19-12(10)9-15-11-4-5-11)20(17,18)16-14(2)6-3-7-14/h8,11,15-16H,3-7,9H2,1-2H3. The van der Waals surface area contributed by atoms with Crippen molar-refractivity contribution in [3.05, 3.63) is 16.5 Å². The second-order valence-corrected chi connectivity index (χ2v) is 9.39. The Balaban J connectivity index is 1.73. The first kappa shape index (κ1) is 14.5. The zero-order chi connectivity index (χ0) is 14.4. The lowest BCUT2D eigenvalue weighted by atomic mass is 9.80. The smallest absolute Gasteiger partial charge is 0.250 e. The van der Waals surface area contributed by atoms with E-state index < -0.39 is 10.0 Å². The van der Waals surface area contributed by atoms with Crippen LogP contribution in [-0.2, 0) is 16.6 Å². The third-order valence-electron chi connectivity index (χ3n) is 4.23. The van der Waals surface area contributed by atoms with Gasteiger partial charge in [-0.2, -0.15) is 0 Å². The van der Waals surface area contributed by atoms with Gasteiger partial charge in [-0.1, -0.05) is 0 Å². The largest absolute Gasteiger partial charge is 0.309 e. The number of nitrogens with one attached hydrogen (secondary N) is 2. The molecule has 0 aromatic carbocycles. The molecule has 0 atom stereocenters. The average molecular weight is 314 g/mol. The predicted octanol–water partition coefficient (Wildman–Crippen LogP) is 2.53. The molecule has 4 nitrogen and oxygen atoms in total. The average Bonchev–Trinajstić information content (AvgIpc) is 3.07. The summed E-state index contributed by atoms with van der Waals surface area (Å²) in [5.74, 6) is 0. The molecule has 1 heterocycles. The van der Waals surface area contributed by atoms with Crippen LogP contribution < -0.4 is 10.0 Å². The first-order valence-corrected chi connectivity index (χ1v) is 9.55. The number of thiophene rings is 1. The SMILES string of the molecule is Cc1cc(S(=O)(=O)NC2(C)CCC2)sc1CNC1CC1. The lowest BCUT2D eigenvalue weighted by Crippen LogP contribution is -2.50. The van der Waals surface area contributed by atoms with Crippen LogP contribution in [0.1, 0.15) is 49.5 Å². The van der Waals surface area contributed by atoms with E-state index in [0.717, 1.165) is 36.2 Å². The Morgan fingerprint density at radius 3 is 2.65 bits per heavy atom. The number of rotatable bonds is 6. The normalized spacial score (nSPS) is 21.7. The molecule has 0 unspecified atom stereocenters. The Labute approximate surface area is 125 Å². The van der Waals surface area contributed by atoms with Crippen LogP contribution >= 0.6 is 11.3 Å². The van der Waals surface area contributed by atoms with E-state index in [4.69, 9.17) is 0 Å². The highest BCUT2D eigenvalue weighted by molar-refractivity contribution is 7.91. The maximum Gasteiger partial charge on any atom is 0.250 e. The minimum Gasteiger partial charge on any atom is -0.309 e. The summed E-state index contributed by atoms with van der Waals surface area (Å²) < 4.78 is 28.2. The third kappa shape index (κ3) is 3.08. The Kier molecular flexibility index (Phi) is 3.69. The highest BCUT2D eigenvalue weighted by Gasteiger charge is 2.36. The van der Waals surface area contributed by atoms with Gasteiger partial charge in [-0.05, 0) is 57.6 Å². The molecule has 2 saturated carbocycles. The second kappa shape index (κ2) is 5.09. The van der Waals surface area contributed by atoms with Crippen LogP contribution in [0.4, 0.5) is 0 Å². The molecule has 20 heavy (non-hydrogen) atoms. The van der Waals surface area contributed by atoms with Gasteiger partial charge in [-0.15, -0.1) is 11.3 Å². The maximum atomic E-state index is 12.4. The molecule has 2 aliphatic carbocycles. The highest BCUT2D eigenvalue weighted by Crippen LogP contribution is 2.34. The van der Waals surface area contributed by atoms with Gasteiger partial charge in [0.15, 0.2) is 0 Å². The lowest BCUT2D eigenvalue weighted by Gasteiger charge is -2.38. The van der Waals surface area contributed by atoms with E-state index in [1.54, 1.807) is 6.07 Å². The Morgan fingerprint density at radius 2 is 2.10 bits per heavy atom. The van der Waals surface area contributed by atoms with Crippen molar-refractivity contribution in [1.29, 1.82) is 0 Å². The van der Waals surface area contributed by atoms with Gasteiger partial charge in [-0.3, -0.25) is 0 Å². The second-order valence-electron chi connectivity index (χ2n) is 6.35. The first-order chi connectivity index (χ1) is 9.38. The van der Waals surface area contributed by atoms with Gasteiger partial charge in [0, 0.05) is 23.0 Å². The van der Waals surface area contributed by atoms with Crippen molar-refractivity contribution >= 4 is 21.4 Å². The van der Waals surface area contributed by atoms with E-state index in [-0.39, 0.29) is 5.54 Å². The van der Waals surface area contributed by atoms with Crippen LogP contribution in [0.15, 0.2) is 10.3 Å². The molecule has 2 fully saturated rings. The zero-order valence-electron chi connectivity index (χ0n) is 12.0. The molecule has 2 N–H and O–H groups in total. The third-order valence-corrected chi connectivity index (χ3v) is 7.58. The van der Waals surface area contributed by atoms with E-state index in [2.05, 4.69) is 10.0 Å². The van der Waals surface area contributed by atoms with Crippen molar-refractivity contribution in [1.82, 2.24) is 10.0 Å². The summed E-state index contributed by atoms with van der Waals surface area (Å²) in [7, 11) is -3.36. The summed E-state index contributed by atoms with van der Waals surface area (Å²) in [6.07, 6.45) is 5.48. The van der Waals surface area contributed by atoms with Gasteiger partial charge in [0.05, 0.1) is 0 Å². The Morgan fingerprint density at radius 1 is 1.40 bits per heavy atom. The molecule has 6 heteroatoms. The summed E-state index contributed by atoms with van der Waals surface area (Å²) in [5.41, 5.74) is 0.839. The number of aryl methyl sites for hydroxylation is 1. The van der Waals surface area contributed by atoms with Crippen LogP contribution in [0.5, 0.6) is 0 Å². The fourth-order valence-corrected chi connectivity index (χ4v) is 5.51. The minimum atomic E-state index is -3.36. The van der Waals surface area contributed by atoms with Gasteiger partial charge in [0.1, 0.15) is 4.21 Å². The number of sulfonamides is 1. The summed E-state index contributed by atoms with van der Waals surface area (Å²) in [5, 5.41) is 3.44. The van der Waals surface area contributed by atoms with E-state index in [0.29, 0.717) is 10.3 Å². The molecular formula is C14H22N2O2S2. The van der Waals surface area contributed by atoms with Crippen LogP contribution in [-0.4, -0.2) is 20.0 Å². The molecule has 0 spiro atoms. The fraction of sp³-hybridized carbons (Fsp3) is 0.714. The van der Waals surface area contributed by atoms with Crippen LogP contribution in [0.25, 0.3) is 0 Å². The summed E-state index contributed by atoms with van der Waals surface area (Å²) >= 11 is 1.40. The molecule has 0 aliphatic heterocycles.